The molecule has 1 atom stereocenters. The topological polar surface area (TPSA) is 168 Å². The maximum Gasteiger partial charge on any atom is 0.274 e. The molecule has 2 saturated heterocycles. The van der Waals surface area contributed by atoms with Crippen molar-refractivity contribution in [2.45, 2.75) is 89.3 Å². The van der Waals surface area contributed by atoms with Crippen molar-refractivity contribution in [3.8, 4) is 5.75 Å². The van der Waals surface area contributed by atoms with E-state index in [1.807, 2.05) is 24.4 Å². The molecule has 5 aliphatic rings. The van der Waals surface area contributed by atoms with Gasteiger partial charge in [0.1, 0.15) is 23.3 Å². The number of ether oxygens (including phenoxy) is 1. The van der Waals surface area contributed by atoms with E-state index in [9.17, 15) is 28.4 Å². The highest BCUT2D eigenvalue weighted by molar-refractivity contribution is 6.25. The Labute approximate surface area is 334 Å². The second-order valence-electron chi connectivity index (χ2n) is 16.8. The smallest absolute Gasteiger partial charge is 0.274 e. The van der Waals surface area contributed by atoms with Crippen molar-refractivity contribution in [2.24, 2.45) is 11.3 Å². The molecule has 3 aliphatic heterocycles. The van der Waals surface area contributed by atoms with E-state index in [1.54, 1.807) is 19.2 Å². The van der Waals surface area contributed by atoms with Gasteiger partial charge in [-0.2, -0.15) is 5.10 Å². The summed E-state index contributed by atoms with van der Waals surface area (Å²) >= 11 is 0. The van der Waals surface area contributed by atoms with Gasteiger partial charge in [-0.15, -0.1) is 0 Å². The Morgan fingerprint density at radius 1 is 0.983 bits per heavy atom. The summed E-state index contributed by atoms with van der Waals surface area (Å²) < 4.78 is 21.4. The van der Waals surface area contributed by atoms with E-state index in [4.69, 9.17) is 9.84 Å². The first-order valence-corrected chi connectivity index (χ1v) is 20.3. The number of piperidine rings is 2. The Bertz CT molecular complexity index is 2340. The van der Waals surface area contributed by atoms with Crippen LogP contribution in [0.1, 0.15) is 107 Å². The summed E-state index contributed by atoms with van der Waals surface area (Å²) in [5, 5.41) is 14.5. The van der Waals surface area contributed by atoms with Crippen molar-refractivity contribution in [1.29, 1.82) is 0 Å². The third kappa shape index (κ3) is 6.98. The molecule has 0 radical (unpaired) electrons. The molecule has 1 unspecified atom stereocenters. The number of nitrogens with one attached hydrogen (secondary N) is 3. The SMILES string of the molecule is COc1cc2nn([C@H]3CC[C@H](CN4CCC5(CC4)CC(Nc4cccc6c4C(=O)N(C4CCC(=O)NC4=O)C6=O)C5)CC3)cc2cc1NC(=O)c1ccc(F)c(C)n1. The summed E-state index contributed by atoms with van der Waals surface area (Å²) in [5.74, 6) is -1.76. The van der Waals surface area contributed by atoms with Crippen LogP contribution in [-0.4, -0.2) is 92.9 Å². The number of benzene rings is 2. The number of pyridine rings is 1. The number of halogens is 1. The van der Waals surface area contributed by atoms with Gasteiger partial charge in [-0.3, -0.25) is 38.9 Å². The van der Waals surface area contributed by atoms with E-state index < -0.39 is 41.4 Å². The highest BCUT2D eigenvalue weighted by Crippen LogP contribution is 2.51. The lowest BCUT2D eigenvalue weighted by molar-refractivity contribution is -0.136. The standard InChI is InChI=1S/C43H47FN8O6/c1-24-30(44)10-11-32(45-24)39(54)47-34-18-26-23-51(49-33(26)19-36(34)58-2)28-8-6-25(7-9-28)22-50-16-14-43(15-17-50)20-27(21-43)46-31-5-3-4-29-38(31)42(57)52(41(29)56)35-12-13-37(53)48-40(35)55/h3-5,10-11,18-19,23,25,27-28,35,46H,6-9,12-17,20-22H2,1-2H3,(H,47,54)(H,48,53,55)/t25-,28-,35?. The van der Waals surface area contributed by atoms with Crippen molar-refractivity contribution in [1.82, 2.24) is 29.9 Å². The first kappa shape index (κ1) is 37.9. The molecular weight excluding hydrogens is 744 g/mol. The van der Waals surface area contributed by atoms with Gasteiger partial charge < -0.3 is 20.3 Å². The average Bonchev–Trinajstić information content (AvgIpc) is 3.73. The number of likely N-dealkylation sites (tertiary alicyclic amines) is 1. The number of aromatic nitrogens is 3. The first-order chi connectivity index (χ1) is 28.0. The van der Waals surface area contributed by atoms with E-state index in [1.165, 1.54) is 19.1 Å². The summed E-state index contributed by atoms with van der Waals surface area (Å²) in [6, 6.07) is 11.0. The zero-order valence-corrected chi connectivity index (χ0v) is 32.7. The van der Waals surface area contributed by atoms with Crippen molar-refractivity contribution in [3.05, 3.63) is 77.0 Å². The third-order valence-electron chi connectivity index (χ3n) is 13.2. The van der Waals surface area contributed by atoms with E-state index >= 15 is 0 Å². The molecule has 15 heteroatoms. The molecule has 302 valence electrons. The molecule has 2 aromatic heterocycles. The zero-order chi connectivity index (χ0) is 40.3. The zero-order valence-electron chi connectivity index (χ0n) is 32.7. The van der Waals surface area contributed by atoms with Crippen LogP contribution in [0.15, 0.2) is 48.7 Å². The lowest BCUT2D eigenvalue weighted by Crippen LogP contribution is -2.54. The molecule has 4 aromatic rings. The molecule has 5 amide bonds. The predicted molar refractivity (Wildman–Crippen MR) is 212 cm³/mol. The summed E-state index contributed by atoms with van der Waals surface area (Å²) in [5.41, 5.74) is 3.09. The van der Waals surface area contributed by atoms with Crippen LogP contribution < -0.4 is 20.7 Å². The van der Waals surface area contributed by atoms with Crippen LogP contribution in [0.2, 0.25) is 0 Å². The van der Waals surface area contributed by atoms with Gasteiger partial charge in [0.2, 0.25) is 11.8 Å². The molecule has 2 aliphatic carbocycles. The van der Waals surface area contributed by atoms with Gasteiger partial charge in [0.05, 0.1) is 41.2 Å². The molecule has 0 bridgehead atoms. The molecule has 3 N–H and O–H groups in total. The minimum absolute atomic E-state index is 0.0893. The molecule has 4 fully saturated rings. The van der Waals surface area contributed by atoms with Crippen LogP contribution in [0.4, 0.5) is 15.8 Å². The van der Waals surface area contributed by atoms with E-state index in [0.29, 0.717) is 40.2 Å². The maximum atomic E-state index is 13.7. The van der Waals surface area contributed by atoms with Crippen LogP contribution in [0.5, 0.6) is 5.75 Å². The molecule has 2 aromatic carbocycles. The van der Waals surface area contributed by atoms with Gasteiger partial charge in [0.15, 0.2) is 0 Å². The van der Waals surface area contributed by atoms with Gasteiger partial charge in [0, 0.05) is 42.3 Å². The summed E-state index contributed by atoms with van der Waals surface area (Å²) in [6.45, 7) is 4.77. The minimum Gasteiger partial charge on any atom is -0.494 e. The van der Waals surface area contributed by atoms with E-state index in [2.05, 4.69) is 30.5 Å². The Balaban J connectivity index is 0.750. The number of carbonyl (C=O) groups excluding carboxylic acids is 5. The average molecular weight is 791 g/mol. The minimum atomic E-state index is -0.982. The monoisotopic (exact) mass is 790 g/mol. The Morgan fingerprint density at radius 3 is 2.48 bits per heavy atom. The molecule has 14 nitrogen and oxygen atoms in total. The number of fused-ring (bicyclic) bond motifs is 2. The van der Waals surface area contributed by atoms with Crippen molar-refractivity contribution in [3.63, 3.8) is 0 Å². The lowest BCUT2D eigenvalue weighted by atomic mass is 9.60. The number of hydrogen-bond donors (Lipinski definition) is 3. The molecule has 2 saturated carbocycles. The molecule has 5 heterocycles. The summed E-state index contributed by atoms with van der Waals surface area (Å²) in [6.07, 6.45) is 10.9. The number of nitrogens with zero attached hydrogens (tertiary/aromatic N) is 5. The van der Waals surface area contributed by atoms with E-state index in [-0.39, 0.29) is 35.7 Å². The highest BCUT2D eigenvalue weighted by Gasteiger charge is 2.48. The number of carbonyl (C=O) groups is 5. The fraction of sp³-hybridized carbons (Fsp3) is 0.465. The summed E-state index contributed by atoms with van der Waals surface area (Å²) in [7, 11) is 1.55. The normalized spacial score (nSPS) is 23.5. The third-order valence-corrected chi connectivity index (χ3v) is 13.2. The fourth-order valence-corrected chi connectivity index (χ4v) is 9.90. The number of methoxy groups -OCH3 is 1. The Hall–Kier alpha value is -5.70. The predicted octanol–water partition coefficient (Wildman–Crippen LogP) is 5.63. The number of imide groups is 2. The second kappa shape index (κ2) is 14.9. The van der Waals surface area contributed by atoms with Gasteiger partial charge in [-0.25, -0.2) is 9.37 Å². The van der Waals surface area contributed by atoms with Gasteiger partial charge in [-0.1, -0.05) is 6.07 Å². The number of hydrogen-bond acceptors (Lipinski definition) is 10. The van der Waals surface area contributed by atoms with Gasteiger partial charge >= 0.3 is 0 Å². The van der Waals surface area contributed by atoms with Crippen LogP contribution in [0.3, 0.4) is 0 Å². The Kier molecular flexibility index (Phi) is 9.73. The van der Waals surface area contributed by atoms with Crippen LogP contribution in [0.25, 0.3) is 10.9 Å². The number of amides is 5. The molecular formula is C43H47FN8O6. The van der Waals surface area contributed by atoms with Crippen molar-refractivity contribution >= 4 is 51.8 Å². The molecule has 9 rings (SSSR count). The van der Waals surface area contributed by atoms with Gasteiger partial charge in [-0.05, 0) is 119 Å². The van der Waals surface area contributed by atoms with Crippen LogP contribution in [-0.2, 0) is 9.59 Å². The number of rotatable bonds is 9. The Morgan fingerprint density at radius 2 is 1.76 bits per heavy atom. The van der Waals surface area contributed by atoms with Crippen molar-refractivity contribution in [2.75, 3.05) is 37.4 Å². The molecule has 1 spiro atoms. The van der Waals surface area contributed by atoms with Crippen LogP contribution in [0, 0.1) is 24.1 Å². The largest absolute Gasteiger partial charge is 0.494 e. The molecule has 58 heavy (non-hydrogen) atoms. The maximum absolute atomic E-state index is 13.7. The second-order valence-corrected chi connectivity index (χ2v) is 16.8. The number of anilines is 2. The first-order valence-electron chi connectivity index (χ1n) is 20.3. The van der Waals surface area contributed by atoms with Gasteiger partial charge in [0.25, 0.3) is 17.7 Å². The summed E-state index contributed by atoms with van der Waals surface area (Å²) in [4.78, 5) is 71.7. The fourth-order valence-electron chi connectivity index (χ4n) is 9.90. The highest BCUT2D eigenvalue weighted by atomic mass is 19.1. The quantitative estimate of drug-likeness (QED) is 0.181. The van der Waals surface area contributed by atoms with Crippen LogP contribution >= 0.6 is 0 Å². The lowest BCUT2D eigenvalue weighted by Gasteiger charge is -2.53. The van der Waals surface area contributed by atoms with Crippen molar-refractivity contribution < 1.29 is 33.1 Å². The number of aryl methyl sites for hydroxylation is 1. The van der Waals surface area contributed by atoms with E-state index in [0.717, 1.165) is 86.8 Å².